The Labute approximate surface area is 150 Å². The molecule has 2 saturated heterocycles. The topological polar surface area (TPSA) is 23.6 Å². The van der Waals surface area contributed by atoms with Gasteiger partial charge in [-0.2, -0.15) is 0 Å². The SMILES string of the molecule is CCCCCCCC(=O)N1[C@@H]2CC[C@H]1CN(CCCCC(C)C)C2. The van der Waals surface area contributed by atoms with Crippen LogP contribution in [0.3, 0.4) is 0 Å². The minimum atomic E-state index is 0.443. The quantitative estimate of drug-likeness (QED) is 0.504. The second kappa shape index (κ2) is 10.4. The van der Waals surface area contributed by atoms with Crippen LogP contribution in [0.4, 0.5) is 0 Å². The average molecular weight is 337 g/mol. The third kappa shape index (κ3) is 6.06. The van der Waals surface area contributed by atoms with E-state index < -0.39 is 0 Å². The van der Waals surface area contributed by atoms with E-state index in [9.17, 15) is 4.79 Å². The van der Waals surface area contributed by atoms with Crippen molar-refractivity contribution in [2.75, 3.05) is 19.6 Å². The van der Waals surface area contributed by atoms with Gasteiger partial charge in [-0.15, -0.1) is 0 Å². The first-order valence-electron chi connectivity index (χ1n) is 10.6. The summed E-state index contributed by atoms with van der Waals surface area (Å²) in [6.45, 7) is 10.4. The molecule has 2 rings (SSSR count). The number of amides is 1. The van der Waals surface area contributed by atoms with Crippen molar-refractivity contribution in [3.05, 3.63) is 0 Å². The molecule has 0 aromatic rings. The molecule has 3 heteroatoms. The Bertz CT molecular complexity index is 355. The van der Waals surface area contributed by atoms with Crippen LogP contribution < -0.4 is 0 Å². The molecule has 0 spiro atoms. The molecule has 140 valence electrons. The van der Waals surface area contributed by atoms with E-state index in [4.69, 9.17) is 0 Å². The molecule has 3 nitrogen and oxygen atoms in total. The summed E-state index contributed by atoms with van der Waals surface area (Å²) < 4.78 is 0. The minimum absolute atomic E-state index is 0.443. The standard InChI is InChI=1S/C21H40N2O/c1-4-5-6-7-8-12-21(24)23-19-13-14-20(23)17-22(16-19)15-10-9-11-18(2)3/h18-20H,4-17H2,1-3H3/t19-,20+. The van der Waals surface area contributed by atoms with Crippen molar-refractivity contribution in [3.63, 3.8) is 0 Å². The molecular weight excluding hydrogens is 296 g/mol. The summed E-state index contributed by atoms with van der Waals surface area (Å²) in [5, 5.41) is 0. The van der Waals surface area contributed by atoms with E-state index in [1.807, 2.05) is 0 Å². The zero-order valence-electron chi connectivity index (χ0n) is 16.4. The van der Waals surface area contributed by atoms with Crippen LogP contribution in [0.15, 0.2) is 0 Å². The molecule has 2 atom stereocenters. The number of nitrogens with zero attached hydrogens (tertiary/aromatic N) is 2. The first kappa shape index (κ1) is 19.8. The highest BCUT2D eigenvalue weighted by atomic mass is 16.2. The molecule has 0 saturated carbocycles. The van der Waals surface area contributed by atoms with Gasteiger partial charge in [0.05, 0.1) is 0 Å². The lowest BCUT2D eigenvalue weighted by Crippen LogP contribution is -2.55. The van der Waals surface area contributed by atoms with Gasteiger partial charge in [0.25, 0.3) is 0 Å². The largest absolute Gasteiger partial charge is 0.334 e. The monoisotopic (exact) mass is 336 g/mol. The van der Waals surface area contributed by atoms with Crippen molar-refractivity contribution < 1.29 is 4.79 Å². The van der Waals surface area contributed by atoms with Crippen LogP contribution in [0.25, 0.3) is 0 Å². The van der Waals surface area contributed by atoms with Gasteiger partial charge >= 0.3 is 0 Å². The van der Waals surface area contributed by atoms with E-state index in [-0.39, 0.29) is 0 Å². The van der Waals surface area contributed by atoms with Crippen LogP contribution in [0.2, 0.25) is 0 Å². The predicted octanol–water partition coefficient (Wildman–Crippen LogP) is 4.85. The lowest BCUT2D eigenvalue weighted by molar-refractivity contribution is -0.137. The molecule has 2 aliphatic rings. The molecule has 2 heterocycles. The van der Waals surface area contributed by atoms with Crippen molar-refractivity contribution >= 4 is 5.91 Å². The van der Waals surface area contributed by atoms with Gasteiger partial charge in [0.15, 0.2) is 0 Å². The molecule has 2 fully saturated rings. The molecule has 0 radical (unpaired) electrons. The number of hydrogen-bond donors (Lipinski definition) is 0. The molecule has 24 heavy (non-hydrogen) atoms. The lowest BCUT2D eigenvalue weighted by atomic mass is 10.1. The molecule has 0 N–H and O–H groups in total. The summed E-state index contributed by atoms with van der Waals surface area (Å²) >= 11 is 0. The molecule has 0 aliphatic carbocycles. The maximum absolute atomic E-state index is 12.6. The highest BCUT2D eigenvalue weighted by molar-refractivity contribution is 5.77. The van der Waals surface area contributed by atoms with E-state index in [0.29, 0.717) is 18.0 Å². The Morgan fingerprint density at radius 3 is 2.25 bits per heavy atom. The van der Waals surface area contributed by atoms with Gasteiger partial charge < -0.3 is 4.90 Å². The predicted molar refractivity (Wildman–Crippen MR) is 102 cm³/mol. The van der Waals surface area contributed by atoms with Gasteiger partial charge in [-0.1, -0.05) is 59.3 Å². The van der Waals surface area contributed by atoms with Crippen LogP contribution >= 0.6 is 0 Å². The Hall–Kier alpha value is -0.570. The summed E-state index contributed by atoms with van der Waals surface area (Å²) in [5.41, 5.74) is 0. The van der Waals surface area contributed by atoms with E-state index in [1.165, 1.54) is 64.3 Å². The zero-order chi connectivity index (χ0) is 17.4. The number of likely N-dealkylation sites (tertiary alicyclic amines) is 1. The Balaban J connectivity index is 1.67. The number of carbonyl (C=O) groups excluding carboxylic acids is 1. The van der Waals surface area contributed by atoms with Gasteiger partial charge in [-0.3, -0.25) is 9.69 Å². The summed E-state index contributed by atoms with van der Waals surface area (Å²) in [4.78, 5) is 17.6. The number of hydrogen-bond acceptors (Lipinski definition) is 2. The maximum atomic E-state index is 12.6. The van der Waals surface area contributed by atoms with Gasteiger partial charge in [0, 0.05) is 31.6 Å². The lowest BCUT2D eigenvalue weighted by Gasteiger charge is -2.41. The summed E-state index contributed by atoms with van der Waals surface area (Å²) in [7, 11) is 0. The molecule has 0 aromatic heterocycles. The van der Waals surface area contributed by atoms with Crippen LogP contribution in [-0.4, -0.2) is 47.4 Å². The molecule has 2 aliphatic heterocycles. The third-order valence-electron chi connectivity index (χ3n) is 5.85. The second-order valence-electron chi connectivity index (χ2n) is 8.50. The van der Waals surface area contributed by atoms with E-state index in [0.717, 1.165) is 31.8 Å². The zero-order valence-corrected chi connectivity index (χ0v) is 16.4. The van der Waals surface area contributed by atoms with Crippen molar-refractivity contribution in [2.45, 2.75) is 103 Å². The van der Waals surface area contributed by atoms with Crippen LogP contribution in [0.1, 0.15) is 91.4 Å². The van der Waals surface area contributed by atoms with Crippen molar-refractivity contribution in [1.29, 1.82) is 0 Å². The molecule has 2 bridgehead atoms. The Morgan fingerprint density at radius 1 is 0.958 bits per heavy atom. The van der Waals surface area contributed by atoms with E-state index in [2.05, 4.69) is 30.6 Å². The molecule has 0 unspecified atom stereocenters. The second-order valence-corrected chi connectivity index (χ2v) is 8.50. The van der Waals surface area contributed by atoms with Crippen molar-refractivity contribution in [3.8, 4) is 0 Å². The number of rotatable bonds is 11. The number of unbranched alkanes of at least 4 members (excludes halogenated alkanes) is 5. The van der Waals surface area contributed by atoms with Gasteiger partial charge in [0.1, 0.15) is 0 Å². The molecule has 1 amide bonds. The first-order chi connectivity index (χ1) is 11.6. The Morgan fingerprint density at radius 2 is 1.62 bits per heavy atom. The van der Waals surface area contributed by atoms with Crippen molar-refractivity contribution in [1.82, 2.24) is 9.80 Å². The number of carbonyl (C=O) groups is 1. The first-order valence-corrected chi connectivity index (χ1v) is 10.6. The highest BCUT2D eigenvalue weighted by Gasteiger charge is 2.41. The fourth-order valence-electron chi connectivity index (χ4n) is 4.48. The molecule has 0 aromatic carbocycles. The fourth-order valence-corrected chi connectivity index (χ4v) is 4.48. The highest BCUT2D eigenvalue weighted by Crippen LogP contribution is 2.31. The van der Waals surface area contributed by atoms with E-state index in [1.54, 1.807) is 0 Å². The number of fused-ring (bicyclic) bond motifs is 2. The van der Waals surface area contributed by atoms with Gasteiger partial charge in [-0.25, -0.2) is 0 Å². The Kier molecular flexibility index (Phi) is 8.58. The van der Waals surface area contributed by atoms with Crippen molar-refractivity contribution in [2.24, 2.45) is 5.92 Å². The van der Waals surface area contributed by atoms with Gasteiger partial charge in [-0.05, 0) is 38.1 Å². The van der Waals surface area contributed by atoms with E-state index >= 15 is 0 Å². The third-order valence-corrected chi connectivity index (χ3v) is 5.85. The summed E-state index contributed by atoms with van der Waals surface area (Å²) in [6, 6.07) is 1.02. The summed E-state index contributed by atoms with van der Waals surface area (Å²) in [6.07, 6.45) is 13.5. The van der Waals surface area contributed by atoms with Gasteiger partial charge in [0.2, 0.25) is 5.91 Å². The minimum Gasteiger partial charge on any atom is -0.334 e. The van der Waals surface area contributed by atoms with Crippen LogP contribution in [0.5, 0.6) is 0 Å². The number of piperazine rings is 1. The normalized spacial score (nSPS) is 24.1. The van der Waals surface area contributed by atoms with Crippen LogP contribution in [0, 0.1) is 5.92 Å². The fraction of sp³-hybridized carbons (Fsp3) is 0.952. The smallest absolute Gasteiger partial charge is 0.223 e. The summed E-state index contributed by atoms with van der Waals surface area (Å²) in [5.74, 6) is 1.27. The van der Waals surface area contributed by atoms with Crippen LogP contribution in [-0.2, 0) is 4.79 Å². The molecular formula is C21H40N2O. The maximum Gasteiger partial charge on any atom is 0.223 e. The average Bonchev–Trinajstić information content (AvgIpc) is 2.82.